The Hall–Kier alpha value is -1.48. The van der Waals surface area contributed by atoms with Crippen LogP contribution in [0.25, 0.3) is 0 Å². The van der Waals surface area contributed by atoms with E-state index >= 15 is 0 Å². The zero-order valence-electron chi connectivity index (χ0n) is 10.6. The molecule has 0 fully saturated rings. The van der Waals surface area contributed by atoms with Crippen LogP contribution in [0.4, 0.5) is 13.2 Å². The Kier molecular flexibility index (Phi) is 5.85. The topological polar surface area (TPSA) is 69.7 Å². The van der Waals surface area contributed by atoms with E-state index in [1.165, 1.54) is 0 Å². The summed E-state index contributed by atoms with van der Waals surface area (Å²) in [5.41, 5.74) is -1.22. The maximum absolute atomic E-state index is 12.9. The van der Waals surface area contributed by atoms with Crippen LogP contribution in [0.2, 0.25) is 5.02 Å². The Labute approximate surface area is 124 Å². The molecule has 5 nitrogen and oxygen atoms in total. The van der Waals surface area contributed by atoms with Crippen molar-refractivity contribution in [3.05, 3.63) is 28.3 Å². The molecule has 0 bridgehead atoms. The largest absolute Gasteiger partial charge is 0.466 e. The van der Waals surface area contributed by atoms with Gasteiger partial charge in [0, 0.05) is 24.4 Å². The summed E-state index contributed by atoms with van der Waals surface area (Å²) in [6.07, 6.45) is -4.87. The standard InChI is InChI=1S/C11H10ClF3O5S/c1-6(16)19-3-2-7-4-8(11(13,14)15)10(5-9(7)12)20-21(17)18/h4-5,21H,2-3H2,1H3. The van der Waals surface area contributed by atoms with Crippen LogP contribution in [0.15, 0.2) is 12.1 Å². The summed E-state index contributed by atoms with van der Waals surface area (Å²) in [6, 6.07) is 1.43. The summed E-state index contributed by atoms with van der Waals surface area (Å²) in [4.78, 5) is 10.6. The summed E-state index contributed by atoms with van der Waals surface area (Å²) in [7, 11) is -3.51. The third kappa shape index (κ3) is 5.43. The molecule has 0 heterocycles. The Morgan fingerprint density at radius 3 is 2.43 bits per heavy atom. The van der Waals surface area contributed by atoms with E-state index in [1.54, 1.807) is 0 Å². The number of thiol groups is 1. The van der Waals surface area contributed by atoms with Crippen molar-refractivity contribution in [1.82, 2.24) is 0 Å². The Bertz CT molecular complexity index is 605. The van der Waals surface area contributed by atoms with Crippen molar-refractivity contribution in [2.75, 3.05) is 6.61 Å². The predicted octanol–water partition coefficient (Wildman–Crippen LogP) is 2.37. The van der Waals surface area contributed by atoms with Gasteiger partial charge in [-0.25, -0.2) is 0 Å². The highest BCUT2D eigenvalue weighted by atomic mass is 35.5. The van der Waals surface area contributed by atoms with E-state index in [2.05, 4.69) is 8.92 Å². The first-order valence-corrected chi connectivity index (χ1v) is 6.94. The fourth-order valence-corrected chi connectivity index (χ4v) is 2.03. The maximum Gasteiger partial charge on any atom is 0.420 e. The number of alkyl halides is 3. The molecule has 0 aliphatic rings. The van der Waals surface area contributed by atoms with Gasteiger partial charge < -0.3 is 8.92 Å². The highest BCUT2D eigenvalue weighted by Gasteiger charge is 2.35. The fourth-order valence-electron chi connectivity index (χ4n) is 1.47. The minimum absolute atomic E-state index is 0.0503. The molecule has 0 aromatic heterocycles. The van der Waals surface area contributed by atoms with Crippen molar-refractivity contribution in [2.45, 2.75) is 19.5 Å². The first-order chi connectivity index (χ1) is 9.61. The second kappa shape index (κ2) is 6.99. The van der Waals surface area contributed by atoms with Gasteiger partial charge in [0.1, 0.15) is 0 Å². The summed E-state index contributed by atoms with van der Waals surface area (Å²) >= 11 is 5.77. The first kappa shape index (κ1) is 17.6. The smallest absolute Gasteiger partial charge is 0.420 e. The second-order valence-corrected chi connectivity index (χ2v) is 4.88. The summed E-state index contributed by atoms with van der Waals surface area (Å²) in [6.45, 7) is 1.01. The lowest BCUT2D eigenvalue weighted by atomic mass is 10.1. The van der Waals surface area contributed by atoms with Crippen LogP contribution in [0.1, 0.15) is 18.1 Å². The molecule has 0 radical (unpaired) electrons. The van der Waals surface area contributed by atoms with E-state index in [-0.39, 0.29) is 23.6 Å². The lowest BCUT2D eigenvalue weighted by Gasteiger charge is -2.14. The van der Waals surface area contributed by atoms with Gasteiger partial charge >= 0.3 is 12.1 Å². The zero-order valence-corrected chi connectivity index (χ0v) is 12.2. The number of esters is 1. The van der Waals surface area contributed by atoms with Crippen molar-refractivity contribution >= 4 is 28.6 Å². The van der Waals surface area contributed by atoms with Gasteiger partial charge in [0.2, 0.25) is 0 Å². The average Bonchev–Trinajstić information content (AvgIpc) is 2.28. The number of ether oxygens (including phenoxy) is 1. The highest BCUT2D eigenvalue weighted by molar-refractivity contribution is 7.67. The highest BCUT2D eigenvalue weighted by Crippen LogP contribution is 2.39. The van der Waals surface area contributed by atoms with Crippen LogP contribution in [0, 0.1) is 0 Å². The molecule has 1 rings (SSSR count). The molecule has 0 aliphatic carbocycles. The Balaban J connectivity index is 3.15. The molecule has 0 atom stereocenters. The van der Waals surface area contributed by atoms with Gasteiger partial charge in [0.15, 0.2) is 5.75 Å². The number of hydrogen-bond acceptors (Lipinski definition) is 5. The van der Waals surface area contributed by atoms with Gasteiger partial charge in [-0.15, -0.1) is 0 Å². The van der Waals surface area contributed by atoms with Crippen molar-refractivity contribution in [2.24, 2.45) is 0 Å². The van der Waals surface area contributed by atoms with Crippen molar-refractivity contribution < 1.29 is 35.3 Å². The molecule has 0 amide bonds. The molecule has 10 heteroatoms. The number of benzene rings is 1. The minimum Gasteiger partial charge on any atom is -0.466 e. The van der Waals surface area contributed by atoms with Crippen LogP contribution in [0.3, 0.4) is 0 Å². The van der Waals surface area contributed by atoms with Crippen LogP contribution in [0.5, 0.6) is 5.75 Å². The van der Waals surface area contributed by atoms with Crippen molar-refractivity contribution in [1.29, 1.82) is 0 Å². The fraction of sp³-hybridized carbons (Fsp3) is 0.364. The van der Waals surface area contributed by atoms with E-state index in [0.717, 1.165) is 13.0 Å². The lowest BCUT2D eigenvalue weighted by molar-refractivity contribution is -0.141. The molecule has 0 unspecified atom stereocenters. The number of halogens is 4. The lowest BCUT2D eigenvalue weighted by Crippen LogP contribution is -2.10. The molecule has 0 spiro atoms. The van der Waals surface area contributed by atoms with Crippen molar-refractivity contribution in [3.8, 4) is 5.75 Å². The summed E-state index contributed by atoms with van der Waals surface area (Å²) in [5, 5.41) is -0.123. The van der Waals surface area contributed by atoms with Crippen LogP contribution < -0.4 is 4.18 Å². The SMILES string of the molecule is CC(=O)OCCc1cc(C(F)(F)F)c(O[SH](=O)=O)cc1Cl. The molecule has 118 valence electrons. The number of carbonyl (C=O) groups excluding carboxylic acids is 1. The average molecular weight is 347 g/mol. The molecule has 0 saturated heterocycles. The third-order valence-corrected chi connectivity index (χ3v) is 3.00. The molecule has 1 aromatic carbocycles. The molecular formula is C11H10ClF3O5S. The van der Waals surface area contributed by atoms with Gasteiger partial charge in [-0.1, -0.05) is 11.6 Å². The first-order valence-electron chi connectivity index (χ1n) is 5.46. The summed E-state index contributed by atoms with van der Waals surface area (Å²) in [5.74, 6) is -1.48. The zero-order chi connectivity index (χ0) is 16.2. The predicted molar refractivity (Wildman–Crippen MR) is 67.7 cm³/mol. The van der Waals surface area contributed by atoms with E-state index in [4.69, 9.17) is 11.6 Å². The molecule has 0 N–H and O–H groups in total. The van der Waals surface area contributed by atoms with E-state index in [0.29, 0.717) is 6.07 Å². The Morgan fingerprint density at radius 2 is 1.95 bits per heavy atom. The molecule has 21 heavy (non-hydrogen) atoms. The Morgan fingerprint density at radius 1 is 1.33 bits per heavy atom. The van der Waals surface area contributed by atoms with Gasteiger partial charge in [-0.2, -0.15) is 21.6 Å². The summed E-state index contributed by atoms with van der Waals surface area (Å²) < 4.78 is 68.2. The minimum atomic E-state index is -4.82. The molecule has 0 aliphatic heterocycles. The second-order valence-electron chi connectivity index (χ2n) is 3.84. The van der Waals surface area contributed by atoms with Crippen molar-refractivity contribution in [3.63, 3.8) is 0 Å². The van der Waals surface area contributed by atoms with Crippen LogP contribution in [-0.2, 0) is 33.1 Å². The van der Waals surface area contributed by atoms with Gasteiger partial charge in [-0.05, 0) is 11.6 Å². The van der Waals surface area contributed by atoms with Gasteiger partial charge in [0.05, 0.1) is 12.2 Å². The quantitative estimate of drug-likeness (QED) is 0.655. The number of hydrogen-bond donors (Lipinski definition) is 1. The molecule has 0 saturated carbocycles. The van der Waals surface area contributed by atoms with Gasteiger partial charge in [0.25, 0.3) is 11.0 Å². The van der Waals surface area contributed by atoms with E-state index in [9.17, 15) is 26.4 Å². The normalized spacial score (nSPS) is 11.5. The van der Waals surface area contributed by atoms with E-state index < -0.39 is 34.4 Å². The molecule has 1 aromatic rings. The van der Waals surface area contributed by atoms with Gasteiger partial charge in [-0.3, -0.25) is 4.79 Å². The molecular weight excluding hydrogens is 337 g/mol. The number of carbonyl (C=O) groups is 1. The number of rotatable bonds is 5. The van der Waals surface area contributed by atoms with Crippen LogP contribution >= 0.6 is 11.6 Å². The van der Waals surface area contributed by atoms with Crippen LogP contribution in [-0.4, -0.2) is 21.0 Å². The third-order valence-electron chi connectivity index (χ3n) is 2.30. The monoisotopic (exact) mass is 346 g/mol. The maximum atomic E-state index is 12.9. The van der Waals surface area contributed by atoms with E-state index in [1.807, 2.05) is 0 Å².